The Morgan fingerprint density at radius 1 is 0.984 bits per heavy atom. The Balaban J connectivity index is 1.29. The number of cyclic esters (lactones) is 2. The number of nitrogens with one attached hydrogen (secondary N) is 2. The number of halogens is 1. The summed E-state index contributed by atoms with van der Waals surface area (Å²) in [5.74, 6) is -2.46. The van der Waals surface area contributed by atoms with Crippen LogP contribution in [0.25, 0.3) is 0 Å². The molecule has 61 heavy (non-hydrogen) atoms. The van der Waals surface area contributed by atoms with E-state index in [2.05, 4.69) is 10.6 Å². The van der Waals surface area contributed by atoms with E-state index in [0.717, 1.165) is 5.56 Å². The number of nitro benzene ring substituents is 1. The fraction of sp³-hybridized carbons (Fsp3) is 0.432. The van der Waals surface area contributed by atoms with Gasteiger partial charge in [0.25, 0.3) is 5.69 Å². The number of amides is 2. The van der Waals surface area contributed by atoms with Gasteiger partial charge in [-0.05, 0) is 73.2 Å². The summed E-state index contributed by atoms with van der Waals surface area (Å²) in [6.07, 6.45) is -0.574. The number of carbonyl (C=O) groups is 5. The fourth-order valence-electron chi connectivity index (χ4n) is 6.53. The van der Waals surface area contributed by atoms with Crippen LogP contribution in [0, 0.1) is 27.4 Å². The maximum Gasteiger partial charge on any atom is 0.514 e. The lowest BCUT2D eigenvalue weighted by Crippen LogP contribution is -2.51. The molecular formula is C44H50ClN3O13. The molecule has 3 aromatic carbocycles. The van der Waals surface area contributed by atoms with Crippen LogP contribution in [0.15, 0.2) is 78.9 Å². The summed E-state index contributed by atoms with van der Waals surface area (Å²) in [6.45, 7) is 8.56. The van der Waals surface area contributed by atoms with Crippen LogP contribution < -0.4 is 20.1 Å². The van der Waals surface area contributed by atoms with E-state index in [-0.39, 0.29) is 62.0 Å². The molecule has 2 aliphatic rings. The number of non-ortho nitro benzene ring substituents is 1. The number of methoxy groups -OCH3 is 1. The highest BCUT2D eigenvalue weighted by Gasteiger charge is 2.48. The Morgan fingerprint density at radius 2 is 1.67 bits per heavy atom. The van der Waals surface area contributed by atoms with Crippen molar-refractivity contribution >= 4 is 47.2 Å². The maximum atomic E-state index is 13.8. The number of epoxide rings is 1. The average molecular weight is 864 g/mol. The number of hydrogen-bond acceptors (Lipinski definition) is 13. The van der Waals surface area contributed by atoms with Crippen molar-refractivity contribution in [2.75, 3.05) is 13.7 Å². The zero-order chi connectivity index (χ0) is 44.4. The van der Waals surface area contributed by atoms with Crippen molar-refractivity contribution in [1.82, 2.24) is 10.6 Å². The van der Waals surface area contributed by atoms with Crippen molar-refractivity contribution in [3.05, 3.63) is 111 Å². The van der Waals surface area contributed by atoms with E-state index in [1.54, 1.807) is 50.3 Å². The number of esters is 2. The largest absolute Gasteiger partial charge is 0.514 e. The molecule has 0 unspecified atom stereocenters. The first-order valence-electron chi connectivity index (χ1n) is 19.8. The lowest BCUT2D eigenvalue weighted by molar-refractivity contribution is -0.384. The summed E-state index contributed by atoms with van der Waals surface area (Å²) in [5.41, 5.74) is 0.728. The van der Waals surface area contributed by atoms with Crippen molar-refractivity contribution in [3.63, 3.8) is 0 Å². The number of nitro groups is 1. The third-order valence-corrected chi connectivity index (χ3v) is 10.5. The van der Waals surface area contributed by atoms with E-state index in [4.69, 9.17) is 40.0 Å². The molecule has 2 N–H and O–H groups in total. The molecular weight excluding hydrogens is 814 g/mol. The average Bonchev–Trinajstić information content (AvgIpc) is 4.02. The lowest BCUT2D eigenvalue weighted by Gasteiger charge is -2.29. The van der Waals surface area contributed by atoms with Gasteiger partial charge in [-0.25, -0.2) is 9.59 Å². The molecule has 1 saturated heterocycles. The van der Waals surface area contributed by atoms with Gasteiger partial charge in [0.1, 0.15) is 36.4 Å². The standard InChI is InChI=1S/C44H50ClN3O13/c1-25(2)20-36-41(51)59-34(26(3)38-39(61-38)29-13-10-27(11-14-29)23-57-43(53)58-31-17-15-30(16-18-31)48(54)55)8-7-9-37(49)47-33(22-28-12-19-35(56-6)32(45)21-28)40(50)46-24-44(4,5)42(52)60-36/h7,9-19,21,25-26,33-34,36,38-39H,8,20,22-24H2,1-6H3,(H,46,50)(H,47,49)/b9-7+/t26-,33+,34-,36-,38+,39-/m0/s1. The Morgan fingerprint density at radius 3 is 2.31 bits per heavy atom. The predicted octanol–water partition coefficient (Wildman–Crippen LogP) is 6.75. The van der Waals surface area contributed by atoms with Crippen LogP contribution in [-0.2, 0) is 51.2 Å². The first-order valence-corrected chi connectivity index (χ1v) is 20.1. The van der Waals surface area contributed by atoms with Crippen LogP contribution >= 0.6 is 11.6 Å². The van der Waals surface area contributed by atoms with Gasteiger partial charge in [-0.3, -0.25) is 24.5 Å². The number of rotatable bonds is 12. The van der Waals surface area contributed by atoms with E-state index in [9.17, 15) is 34.1 Å². The molecule has 0 aliphatic carbocycles. The SMILES string of the molecule is COc1ccc(C[C@H]2NC(=O)/C=C/C[C@@H]([C@H](C)[C@H]3O[C@H]3c3ccc(COC(=O)Oc4ccc([N+](=O)[O-])cc4)cc3)OC(=O)[C@H](CC(C)C)OC(=O)C(C)(C)CNC2=O)cc1Cl. The van der Waals surface area contributed by atoms with Gasteiger partial charge in [-0.1, -0.05) is 68.8 Å². The second kappa shape index (κ2) is 20.5. The molecule has 2 heterocycles. The molecule has 6 atom stereocenters. The van der Waals surface area contributed by atoms with Crippen LogP contribution in [0.2, 0.25) is 5.02 Å². The monoisotopic (exact) mass is 863 g/mol. The smallest absolute Gasteiger partial charge is 0.495 e. The number of ether oxygens (including phenoxy) is 6. The molecule has 5 rings (SSSR count). The third-order valence-electron chi connectivity index (χ3n) is 10.2. The first-order chi connectivity index (χ1) is 28.9. The van der Waals surface area contributed by atoms with Crippen molar-refractivity contribution in [2.24, 2.45) is 17.3 Å². The molecule has 1 fully saturated rings. The predicted molar refractivity (Wildman–Crippen MR) is 221 cm³/mol. The Bertz CT molecular complexity index is 2110. The van der Waals surface area contributed by atoms with Gasteiger partial charge in [0.2, 0.25) is 11.8 Å². The summed E-state index contributed by atoms with van der Waals surface area (Å²) in [6, 6.07) is 16.2. The van der Waals surface area contributed by atoms with Gasteiger partial charge in [0.15, 0.2) is 6.10 Å². The van der Waals surface area contributed by atoms with E-state index < -0.39 is 64.4 Å². The minimum absolute atomic E-state index is 0.0457. The summed E-state index contributed by atoms with van der Waals surface area (Å²) in [7, 11) is 1.49. The second-order valence-corrected chi connectivity index (χ2v) is 16.4. The van der Waals surface area contributed by atoms with Gasteiger partial charge in [0.05, 0.1) is 28.6 Å². The van der Waals surface area contributed by atoms with Crippen molar-refractivity contribution < 1.29 is 57.3 Å². The molecule has 0 spiro atoms. The van der Waals surface area contributed by atoms with Crippen LogP contribution in [0.5, 0.6) is 11.5 Å². The van der Waals surface area contributed by atoms with Crippen LogP contribution in [0.1, 0.15) is 70.3 Å². The van der Waals surface area contributed by atoms with Gasteiger partial charge in [0, 0.05) is 37.4 Å². The highest BCUT2D eigenvalue weighted by molar-refractivity contribution is 6.32. The first kappa shape index (κ1) is 46.1. The van der Waals surface area contributed by atoms with Gasteiger partial charge in [-0.15, -0.1) is 0 Å². The zero-order valence-corrected chi connectivity index (χ0v) is 35.5. The van der Waals surface area contributed by atoms with E-state index in [1.807, 2.05) is 32.9 Å². The molecule has 16 nitrogen and oxygen atoms in total. The molecule has 17 heteroatoms. The quantitative estimate of drug-likeness (QED) is 0.0483. The summed E-state index contributed by atoms with van der Waals surface area (Å²) >= 11 is 6.34. The zero-order valence-electron chi connectivity index (χ0n) is 34.7. The van der Waals surface area contributed by atoms with Gasteiger partial charge in [-0.2, -0.15) is 0 Å². The number of carbonyl (C=O) groups excluding carboxylic acids is 5. The van der Waals surface area contributed by atoms with Crippen molar-refractivity contribution in [2.45, 2.75) is 90.9 Å². The normalized spacial score (nSPS) is 23.0. The summed E-state index contributed by atoms with van der Waals surface area (Å²) in [4.78, 5) is 76.7. The minimum atomic E-state index is -1.26. The third kappa shape index (κ3) is 13.0. The minimum Gasteiger partial charge on any atom is -0.495 e. The molecule has 0 aromatic heterocycles. The van der Waals surface area contributed by atoms with Gasteiger partial charge < -0.3 is 39.1 Å². The highest BCUT2D eigenvalue weighted by atomic mass is 35.5. The molecule has 3 aromatic rings. The molecule has 2 amide bonds. The second-order valence-electron chi connectivity index (χ2n) is 16.0. The van der Waals surface area contributed by atoms with Crippen molar-refractivity contribution in [3.8, 4) is 11.5 Å². The maximum absolute atomic E-state index is 13.8. The molecule has 0 bridgehead atoms. The number of nitrogens with zero attached hydrogens (tertiary/aromatic N) is 1. The number of benzene rings is 3. The fourth-order valence-corrected chi connectivity index (χ4v) is 6.81. The van der Waals surface area contributed by atoms with E-state index in [0.29, 0.717) is 21.9 Å². The van der Waals surface area contributed by atoms with Crippen molar-refractivity contribution in [1.29, 1.82) is 0 Å². The Hall–Kier alpha value is -6.00. The molecule has 0 radical (unpaired) electrons. The van der Waals surface area contributed by atoms with Crippen LogP contribution in [0.4, 0.5) is 10.5 Å². The topological polar surface area (TPSA) is 211 Å². The van der Waals surface area contributed by atoms with E-state index >= 15 is 0 Å². The summed E-state index contributed by atoms with van der Waals surface area (Å²) in [5, 5.41) is 16.7. The Kier molecular flexibility index (Phi) is 15.5. The number of hydrogen-bond donors (Lipinski definition) is 2. The van der Waals surface area contributed by atoms with Gasteiger partial charge >= 0.3 is 18.1 Å². The molecule has 326 valence electrons. The molecule has 0 saturated carbocycles. The highest BCUT2D eigenvalue weighted by Crippen LogP contribution is 2.45. The Labute approximate surface area is 358 Å². The van der Waals surface area contributed by atoms with E-state index in [1.165, 1.54) is 37.5 Å². The van der Waals surface area contributed by atoms with Crippen LogP contribution in [-0.4, -0.2) is 72.8 Å². The lowest BCUT2D eigenvalue weighted by atomic mass is 9.92. The summed E-state index contributed by atoms with van der Waals surface area (Å²) < 4.78 is 33.5. The van der Waals surface area contributed by atoms with Crippen LogP contribution in [0.3, 0.4) is 0 Å². The molecule has 2 aliphatic heterocycles.